The standard InChI is InChI=1S/C21H27F3N8O3/c22-21(23,24)19(34)27-16-4-2-1-3-15(16)17-18(33)31(13-29-9-5-25-6-10-29)20(35)32(28-17)14-30-11-7-26-8-12-30/h1-4,25-26H,5-14H2,(H,27,34). The molecule has 2 saturated heterocycles. The minimum Gasteiger partial charge on any atom is -0.318 e. The van der Waals surface area contributed by atoms with Gasteiger partial charge < -0.3 is 16.0 Å². The molecule has 0 radical (unpaired) electrons. The Morgan fingerprint density at radius 2 is 1.51 bits per heavy atom. The number of para-hydroxylation sites is 1. The normalized spacial score (nSPS) is 17.9. The highest BCUT2D eigenvalue weighted by atomic mass is 19.4. The van der Waals surface area contributed by atoms with E-state index in [4.69, 9.17) is 0 Å². The minimum absolute atomic E-state index is 0.00165. The van der Waals surface area contributed by atoms with Crippen molar-refractivity contribution in [2.45, 2.75) is 19.5 Å². The average Bonchev–Trinajstić information content (AvgIpc) is 2.85. The number of amides is 1. The molecule has 1 aromatic heterocycles. The molecule has 2 aliphatic rings. The molecule has 3 N–H and O–H groups in total. The van der Waals surface area contributed by atoms with Crippen molar-refractivity contribution in [1.29, 1.82) is 0 Å². The Bertz CT molecular complexity index is 1170. The number of carbonyl (C=O) groups is 1. The van der Waals surface area contributed by atoms with Crippen molar-refractivity contribution >= 4 is 11.6 Å². The van der Waals surface area contributed by atoms with Gasteiger partial charge in [-0.3, -0.25) is 19.4 Å². The van der Waals surface area contributed by atoms with E-state index in [9.17, 15) is 27.6 Å². The zero-order valence-electron chi connectivity index (χ0n) is 19.0. The van der Waals surface area contributed by atoms with E-state index in [1.165, 1.54) is 24.3 Å². The molecular weight excluding hydrogens is 469 g/mol. The average molecular weight is 496 g/mol. The molecule has 2 aromatic rings. The van der Waals surface area contributed by atoms with Crippen LogP contribution in [0.2, 0.25) is 0 Å². The number of rotatable bonds is 6. The Labute approximate surface area is 198 Å². The van der Waals surface area contributed by atoms with Crippen LogP contribution in [0.3, 0.4) is 0 Å². The van der Waals surface area contributed by atoms with E-state index >= 15 is 0 Å². The Morgan fingerprint density at radius 3 is 2.11 bits per heavy atom. The first kappa shape index (κ1) is 25.0. The Morgan fingerprint density at radius 1 is 0.943 bits per heavy atom. The summed E-state index contributed by atoms with van der Waals surface area (Å²) >= 11 is 0. The zero-order valence-corrected chi connectivity index (χ0v) is 19.0. The number of aromatic nitrogens is 3. The van der Waals surface area contributed by atoms with Gasteiger partial charge in [0.2, 0.25) is 0 Å². The molecular formula is C21H27F3N8O3. The maximum absolute atomic E-state index is 13.4. The second kappa shape index (κ2) is 10.7. The molecule has 0 bridgehead atoms. The fourth-order valence-corrected chi connectivity index (χ4v) is 4.03. The summed E-state index contributed by atoms with van der Waals surface area (Å²) in [4.78, 5) is 42.2. The largest absolute Gasteiger partial charge is 0.471 e. The summed E-state index contributed by atoms with van der Waals surface area (Å²) in [5.74, 6) is -2.17. The van der Waals surface area contributed by atoms with Gasteiger partial charge in [-0.1, -0.05) is 18.2 Å². The van der Waals surface area contributed by atoms with Gasteiger partial charge in [0, 0.05) is 57.9 Å². The molecule has 4 rings (SSSR count). The van der Waals surface area contributed by atoms with Crippen molar-refractivity contribution in [2.75, 3.05) is 57.7 Å². The Kier molecular flexibility index (Phi) is 7.64. The number of piperazine rings is 2. The van der Waals surface area contributed by atoms with E-state index in [-0.39, 0.29) is 30.3 Å². The van der Waals surface area contributed by atoms with Gasteiger partial charge >= 0.3 is 17.8 Å². The van der Waals surface area contributed by atoms with Gasteiger partial charge in [-0.05, 0) is 6.07 Å². The second-order valence-electron chi connectivity index (χ2n) is 8.38. The lowest BCUT2D eigenvalue weighted by Gasteiger charge is -2.29. The zero-order chi connectivity index (χ0) is 25.0. The number of alkyl halides is 3. The highest BCUT2D eigenvalue weighted by Crippen LogP contribution is 2.26. The number of benzene rings is 1. The first-order valence-electron chi connectivity index (χ1n) is 11.3. The van der Waals surface area contributed by atoms with Crippen LogP contribution in [0, 0.1) is 0 Å². The van der Waals surface area contributed by atoms with Crippen LogP contribution in [0.15, 0.2) is 33.9 Å². The van der Waals surface area contributed by atoms with Crippen molar-refractivity contribution < 1.29 is 18.0 Å². The molecule has 0 atom stereocenters. The molecule has 0 unspecified atom stereocenters. The fourth-order valence-electron chi connectivity index (χ4n) is 4.03. The number of nitrogens with zero attached hydrogens (tertiary/aromatic N) is 5. The number of anilines is 1. The van der Waals surface area contributed by atoms with E-state index in [0.717, 1.165) is 22.3 Å². The maximum atomic E-state index is 13.4. The van der Waals surface area contributed by atoms with Crippen LogP contribution in [-0.2, 0) is 18.1 Å². The molecule has 1 aromatic carbocycles. The van der Waals surface area contributed by atoms with Crippen LogP contribution in [-0.4, -0.2) is 88.6 Å². The fraction of sp³-hybridized carbons (Fsp3) is 0.524. The molecule has 0 aliphatic carbocycles. The molecule has 3 heterocycles. The van der Waals surface area contributed by atoms with Crippen molar-refractivity contribution in [3.05, 3.63) is 45.1 Å². The molecule has 11 nitrogen and oxygen atoms in total. The summed E-state index contributed by atoms with van der Waals surface area (Å²) < 4.78 is 40.9. The molecule has 14 heteroatoms. The highest BCUT2D eigenvalue weighted by Gasteiger charge is 2.39. The number of hydrogen-bond acceptors (Lipinski definition) is 8. The van der Waals surface area contributed by atoms with Crippen LogP contribution >= 0.6 is 0 Å². The molecule has 0 saturated carbocycles. The predicted molar refractivity (Wildman–Crippen MR) is 122 cm³/mol. The predicted octanol–water partition coefficient (Wildman–Crippen LogP) is -0.702. The van der Waals surface area contributed by atoms with Crippen molar-refractivity contribution in [2.24, 2.45) is 0 Å². The first-order chi connectivity index (χ1) is 16.7. The number of carbonyl (C=O) groups excluding carboxylic acids is 1. The lowest BCUT2D eigenvalue weighted by molar-refractivity contribution is -0.167. The molecule has 190 valence electrons. The minimum atomic E-state index is -5.11. The lowest BCUT2D eigenvalue weighted by Crippen LogP contribution is -2.52. The van der Waals surface area contributed by atoms with Gasteiger partial charge in [-0.2, -0.15) is 23.0 Å². The van der Waals surface area contributed by atoms with E-state index in [1.807, 2.05) is 15.1 Å². The third-order valence-electron chi connectivity index (χ3n) is 5.90. The molecule has 35 heavy (non-hydrogen) atoms. The van der Waals surface area contributed by atoms with E-state index in [1.54, 1.807) is 0 Å². The third-order valence-corrected chi connectivity index (χ3v) is 5.90. The van der Waals surface area contributed by atoms with E-state index < -0.39 is 23.3 Å². The van der Waals surface area contributed by atoms with Crippen LogP contribution in [0.1, 0.15) is 0 Å². The van der Waals surface area contributed by atoms with Gasteiger partial charge in [-0.25, -0.2) is 9.36 Å². The smallest absolute Gasteiger partial charge is 0.318 e. The summed E-state index contributed by atoms with van der Waals surface area (Å²) in [6.07, 6.45) is -5.11. The summed E-state index contributed by atoms with van der Waals surface area (Å²) in [7, 11) is 0. The van der Waals surface area contributed by atoms with Gasteiger partial charge in [0.25, 0.3) is 5.56 Å². The van der Waals surface area contributed by atoms with E-state index in [0.29, 0.717) is 39.3 Å². The number of hydrogen-bond donors (Lipinski definition) is 3. The van der Waals surface area contributed by atoms with Crippen LogP contribution < -0.4 is 27.2 Å². The van der Waals surface area contributed by atoms with Crippen LogP contribution in [0.25, 0.3) is 11.3 Å². The monoisotopic (exact) mass is 496 g/mol. The summed E-state index contributed by atoms with van der Waals surface area (Å²) in [6.45, 7) is 5.58. The van der Waals surface area contributed by atoms with Gasteiger partial charge in [0.1, 0.15) is 0 Å². The van der Waals surface area contributed by atoms with Crippen LogP contribution in [0.5, 0.6) is 0 Å². The second-order valence-corrected chi connectivity index (χ2v) is 8.38. The first-order valence-corrected chi connectivity index (χ1v) is 11.3. The molecule has 2 aliphatic heterocycles. The maximum Gasteiger partial charge on any atom is 0.471 e. The Balaban J connectivity index is 1.78. The van der Waals surface area contributed by atoms with Crippen molar-refractivity contribution in [3.8, 4) is 11.3 Å². The third kappa shape index (κ3) is 5.96. The van der Waals surface area contributed by atoms with Crippen molar-refractivity contribution in [3.63, 3.8) is 0 Å². The Hall–Kier alpha value is -3.07. The van der Waals surface area contributed by atoms with Crippen molar-refractivity contribution in [1.82, 2.24) is 34.8 Å². The van der Waals surface area contributed by atoms with Gasteiger partial charge in [-0.15, -0.1) is 0 Å². The summed E-state index contributed by atoms with van der Waals surface area (Å²) in [6, 6.07) is 5.61. The SMILES string of the molecule is O=C(Nc1ccccc1-c1nn(CN2CCNCC2)c(=O)n(CN2CCNCC2)c1=O)C(F)(F)F. The van der Waals surface area contributed by atoms with E-state index in [2.05, 4.69) is 15.7 Å². The summed E-state index contributed by atoms with van der Waals surface area (Å²) in [5, 5.41) is 12.5. The van der Waals surface area contributed by atoms with Gasteiger partial charge in [0.05, 0.1) is 19.0 Å². The lowest BCUT2D eigenvalue weighted by atomic mass is 10.1. The molecule has 0 spiro atoms. The van der Waals surface area contributed by atoms with Gasteiger partial charge in [0.15, 0.2) is 5.69 Å². The highest BCUT2D eigenvalue weighted by molar-refractivity contribution is 5.98. The quantitative estimate of drug-likeness (QED) is 0.481. The molecule has 1 amide bonds. The number of halogens is 3. The number of nitrogens with one attached hydrogen (secondary N) is 3. The topological polar surface area (TPSA) is 117 Å². The molecule has 2 fully saturated rings. The van der Waals surface area contributed by atoms with Crippen LogP contribution in [0.4, 0.5) is 18.9 Å². The summed E-state index contributed by atoms with van der Waals surface area (Å²) in [5.41, 5.74) is -1.78.